The molecule has 0 heterocycles. The number of Topliss-reactive ketones (excluding diaryl/α,β-unsaturated/α-hetero) is 1. The Kier molecular flexibility index (Phi) is 7.42. The monoisotopic (exact) mass is 484 g/mol. The van der Waals surface area contributed by atoms with E-state index in [9.17, 15) is 27.2 Å². The maximum atomic E-state index is 13.1. The summed E-state index contributed by atoms with van der Waals surface area (Å²) in [7, 11) is -4.11. The quantitative estimate of drug-likeness (QED) is 0.368. The van der Waals surface area contributed by atoms with Crippen molar-refractivity contribution < 1.29 is 31.9 Å². The van der Waals surface area contributed by atoms with E-state index in [1.165, 1.54) is 38.1 Å². The zero-order valence-corrected chi connectivity index (χ0v) is 19.1. The maximum Gasteiger partial charge on any atom is 0.341 e. The van der Waals surface area contributed by atoms with E-state index in [4.69, 9.17) is 4.74 Å². The summed E-state index contributed by atoms with van der Waals surface area (Å²) in [5, 5.41) is 2.57. The van der Waals surface area contributed by atoms with Crippen LogP contribution < -0.4 is 10.0 Å². The normalized spacial score (nSPS) is 11.9. The van der Waals surface area contributed by atoms with Gasteiger partial charge >= 0.3 is 5.97 Å². The van der Waals surface area contributed by atoms with Crippen molar-refractivity contribution in [3.8, 4) is 0 Å². The number of rotatable bonds is 8. The summed E-state index contributed by atoms with van der Waals surface area (Å²) in [6.45, 7) is 2.79. The Morgan fingerprint density at radius 3 is 2.15 bits per heavy atom. The SMILES string of the molecule is CC(=O)c1ccc(NC(=O)C(C)OC(=O)c2ccccc2NS(=O)(=O)c2ccc(F)cc2)cc1. The Balaban J connectivity index is 1.70. The van der Waals surface area contributed by atoms with Gasteiger partial charge in [0.25, 0.3) is 15.9 Å². The lowest BCUT2D eigenvalue weighted by Crippen LogP contribution is -2.30. The molecule has 0 saturated carbocycles. The molecule has 3 rings (SSSR count). The number of benzene rings is 3. The summed E-state index contributed by atoms with van der Waals surface area (Å²) >= 11 is 0. The van der Waals surface area contributed by atoms with E-state index in [0.717, 1.165) is 24.3 Å². The van der Waals surface area contributed by atoms with E-state index in [-0.39, 0.29) is 21.9 Å². The number of esters is 1. The number of anilines is 2. The number of hydrogen-bond acceptors (Lipinski definition) is 6. The average Bonchev–Trinajstić information content (AvgIpc) is 2.79. The van der Waals surface area contributed by atoms with E-state index in [1.807, 2.05) is 0 Å². The number of carbonyl (C=O) groups is 3. The number of carbonyl (C=O) groups excluding carboxylic acids is 3. The van der Waals surface area contributed by atoms with E-state index >= 15 is 0 Å². The zero-order chi connectivity index (χ0) is 24.9. The van der Waals surface area contributed by atoms with E-state index in [2.05, 4.69) is 10.0 Å². The summed E-state index contributed by atoms with van der Waals surface area (Å²) in [5.41, 5.74) is 0.713. The molecule has 10 heteroatoms. The molecule has 1 amide bonds. The lowest BCUT2D eigenvalue weighted by Gasteiger charge is -2.16. The van der Waals surface area contributed by atoms with Crippen molar-refractivity contribution in [2.75, 3.05) is 10.0 Å². The predicted molar refractivity (Wildman–Crippen MR) is 124 cm³/mol. The summed E-state index contributed by atoms with van der Waals surface area (Å²) in [4.78, 5) is 36.3. The third-order valence-electron chi connectivity index (χ3n) is 4.73. The fraction of sp³-hybridized carbons (Fsp3) is 0.125. The minimum Gasteiger partial charge on any atom is -0.449 e. The standard InChI is InChI=1S/C24H21FN2O6S/c1-15(28)17-7-11-19(12-8-17)26-23(29)16(2)33-24(30)21-5-3-4-6-22(21)27-34(31,32)20-13-9-18(25)10-14-20/h3-14,16,27H,1-2H3,(H,26,29). The fourth-order valence-electron chi connectivity index (χ4n) is 2.88. The van der Waals surface area contributed by atoms with Gasteiger partial charge in [0.05, 0.1) is 16.1 Å². The van der Waals surface area contributed by atoms with E-state index < -0.39 is 33.8 Å². The first-order chi connectivity index (χ1) is 16.1. The van der Waals surface area contributed by atoms with Crippen LogP contribution in [-0.4, -0.2) is 32.2 Å². The maximum absolute atomic E-state index is 13.1. The molecule has 34 heavy (non-hydrogen) atoms. The van der Waals surface area contributed by atoms with E-state index in [0.29, 0.717) is 11.3 Å². The molecule has 0 radical (unpaired) electrons. The van der Waals surface area contributed by atoms with Crippen molar-refractivity contribution in [3.05, 3.63) is 89.7 Å². The summed E-state index contributed by atoms with van der Waals surface area (Å²) in [6, 6.07) is 16.1. The number of amides is 1. The molecule has 1 unspecified atom stereocenters. The van der Waals surface area contributed by atoms with Crippen LogP contribution in [-0.2, 0) is 19.6 Å². The number of sulfonamides is 1. The van der Waals surface area contributed by atoms with Crippen LogP contribution in [0.4, 0.5) is 15.8 Å². The van der Waals surface area contributed by atoms with Gasteiger partial charge in [0.15, 0.2) is 11.9 Å². The molecule has 3 aromatic carbocycles. The van der Waals surface area contributed by atoms with E-state index in [1.54, 1.807) is 24.3 Å². The van der Waals surface area contributed by atoms with Gasteiger partial charge in [0, 0.05) is 11.3 Å². The minimum atomic E-state index is -4.11. The Hall–Kier alpha value is -4.05. The highest BCUT2D eigenvalue weighted by Crippen LogP contribution is 2.22. The third kappa shape index (κ3) is 6.04. The zero-order valence-electron chi connectivity index (χ0n) is 18.2. The summed E-state index contributed by atoms with van der Waals surface area (Å²) < 4.78 is 45.9. The van der Waals surface area contributed by atoms with Crippen molar-refractivity contribution in [1.82, 2.24) is 0 Å². The minimum absolute atomic E-state index is 0.0655. The molecular weight excluding hydrogens is 463 g/mol. The lowest BCUT2D eigenvalue weighted by atomic mass is 10.1. The molecule has 0 aliphatic heterocycles. The molecule has 0 bridgehead atoms. The van der Waals surface area contributed by atoms with Gasteiger partial charge in [-0.15, -0.1) is 0 Å². The first-order valence-corrected chi connectivity index (χ1v) is 11.6. The Morgan fingerprint density at radius 2 is 1.53 bits per heavy atom. The largest absolute Gasteiger partial charge is 0.449 e. The molecular formula is C24H21FN2O6S. The van der Waals surface area contributed by atoms with Crippen LogP contribution in [0, 0.1) is 5.82 Å². The molecule has 8 nitrogen and oxygen atoms in total. The van der Waals surface area contributed by atoms with Gasteiger partial charge < -0.3 is 10.1 Å². The number of hydrogen-bond donors (Lipinski definition) is 2. The average molecular weight is 485 g/mol. The molecule has 3 aromatic rings. The van der Waals surface area contributed by atoms with Crippen LogP contribution in [0.15, 0.2) is 77.7 Å². The van der Waals surface area contributed by atoms with Gasteiger partial charge in [-0.05, 0) is 74.5 Å². The topological polar surface area (TPSA) is 119 Å². The molecule has 2 N–H and O–H groups in total. The third-order valence-corrected chi connectivity index (χ3v) is 6.11. The summed E-state index contributed by atoms with van der Waals surface area (Å²) in [5.74, 6) is -2.25. The molecule has 0 fully saturated rings. The molecule has 0 aliphatic rings. The van der Waals surface area contributed by atoms with Gasteiger partial charge in [-0.25, -0.2) is 17.6 Å². The Morgan fingerprint density at radius 1 is 0.912 bits per heavy atom. The Labute approximate surface area is 195 Å². The predicted octanol–water partition coefficient (Wildman–Crippen LogP) is 4.01. The van der Waals surface area contributed by atoms with Crippen molar-refractivity contribution in [2.45, 2.75) is 24.8 Å². The molecule has 1 atom stereocenters. The van der Waals surface area contributed by atoms with Crippen LogP contribution in [0.25, 0.3) is 0 Å². The molecule has 0 aliphatic carbocycles. The first-order valence-electron chi connectivity index (χ1n) is 10.1. The van der Waals surface area contributed by atoms with Crippen LogP contribution in [0.1, 0.15) is 34.6 Å². The molecule has 0 saturated heterocycles. The Bertz CT molecular complexity index is 1320. The van der Waals surface area contributed by atoms with Gasteiger partial charge in [0.1, 0.15) is 5.82 Å². The number of ketones is 1. The van der Waals surface area contributed by atoms with Gasteiger partial charge in [0.2, 0.25) is 0 Å². The highest BCUT2D eigenvalue weighted by Gasteiger charge is 2.23. The second-order valence-corrected chi connectivity index (χ2v) is 8.96. The first kappa shape index (κ1) is 24.6. The molecule has 0 spiro atoms. The molecule has 176 valence electrons. The van der Waals surface area contributed by atoms with Crippen LogP contribution in [0.3, 0.4) is 0 Å². The number of halogens is 1. The van der Waals surface area contributed by atoms with Crippen molar-refractivity contribution >= 4 is 39.1 Å². The second kappa shape index (κ2) is 10.3. The summed E-state index contributed by atoms with van der Waals surface area (Å²) in [6.07, 6.45) is -1.21. The highest BCUT2D eigenvalue weighted by molar-refractivity contribution is 7.92. The van der Waals surface area contributed by atoms with Crippen LogP contribution in [0.2, 0.25) is 0 Å². The van der Waals surface area contributed by atoms with Crippen molar-refractivity contribution in [3.63, 3.8) is 0 Å². The second-order valence-electron chi connectivity index (χ2n) is 7.28. The van der Waals surface area contributed by atoms with Gasteiger partial charge in [-0.2, -0.15) is 0 Å². The van der Waals surface area contributed by atoms with Gasteiger partial charge in [-0.3, -0.25) is 14.3 Å². The van der Waals surface area contributed by atoms with Crippen molar-refractivity contribution in [1.29, 1.82) is 0 Å². The number of nitrogens with one attached hydrogen (secondary N) is 2. The number of para-hydroxylation sites is 1. The lowest BCUT2D eigenvalue weighted by molar-refractivity contribution is -0.123. The highest BCUT2D eigenvalue weighted by atomic mass is 32.2. The van der Waals surface area contributed by atoms with Gasteiger partial charge in [-0.1, -0.05) is 12.1 Å². The van der Waals surface area contributed by atoms with Crippen LogP contribution >= 0.6 is 0 Å². The smallest absolute Gasteiger partial charge is 0.341 e. The fourth-order valence-corrected chi connectivity index (χ4v) is 3.96. The van der Waals surface area contributed by atoms with Crippen LogP contribution in [0.5, 0.6) is 0 Å². The molecule has 0 aromatic heterocycles. The van der Waals surface area contributed by atoms with Crippen molar-refractivity contribution in [2.24, 2.45) is 0 Å². The number of ether oxygens (including phenoxy) is 1.